The van der Waals surface area contributed by atoms with Crippen molar-refractivity contribution >= 4 is 10.0 Å². The zero-order valence-electron chi connectivity index (χ0n) is 14.0. The second kappa shape index (κ2) is 8.03. The highest BCUT2D eigenvalue weighted by molar-refractivity contribution is 7.89. The van der Waals surface area contributed by atoms with Crippen LogP contribution in [0, 0.1) is 17.6 Å². The van der Waals surface area contributed by atoms with Gasteiger partial charge in [-0.3, -0.25) is 0 Å². The van der Waals surface area contributed by atoms with Crippen LogP contribution in [0.1, 0.15) is 31.9 Å². The molecule has 0 aliphatic carbocycles. The van der Waals surface area contributed by atoms with Crippen LogP contribution in [0.25, 0.3) is 0 Å². The Morgan fingerprint density at radius 1 is 1.08 bits per heavy atom. The van der Waals surface area contributed by atoms with Gasteiger partial charge in [0.15, 0.2) is 0 Å². The maximum absolute atomic E-state index is 13.9. The third kappa shape index (κ3) is 4.62. The van der Waals surface area contributed by atoms with E-state index >= 15 is 0 Å². The largest absolute Gasteiger partial charge is 0.387 e. The molecule has 0 saturated carbocycles. The van der Waals surface area contributed by atoms with Gasteiger partial charge in [-0.05, 0) is 35.7 Å². The van der Waals surface area contributed by atoms with Crippen LogP contribution in [-0.4, -0.2) is 19.6 Å². The average Bonchev–Trinajstić information content (AvgIpc) is 2.59. The Kier molecular flexibility index (Phi) is 6.26. The quantitative estimate of drug-likeness (QED) is 0.786. The van der Waals surface area contributed by atoms with Crippen LogP contribution in [0.3, 0.4) is 0 Å². The first-order chi connectivity index (χ1) is 11.8. The average molecular weight is 369 g/mol. The summed E-state index contributed by atoms with van der Waals surface area (Å²) in [5.74, 6) is -1.56. The van der Waals surface area contributed by atoms with E-state index in [2.05, 4.69) is 4.72 Å². The summed E-state index contributed by atoms with van der Waals surface area (Å²) < 4.78 is 54.4. The van der Waals surface area contributed by atoms with Gasteiger partial charge in [-0.2, -0.15) is 0 Å². The summed E-state index contributed by atoms with van der Waals surface area (Å²) >= 11 is 0. The Morgan fingerprint density at radius 2 is 1.68 bits per heavy atom. The highest BCUT2D eigenvalue weighted by Gasteiger charge is 2.31. The van der Waals surface area contributed by atoms with E-state index in [4.69, 9.17) is 0 Å². The van der Waals surface area contributed by atoms with Crippen molar-refractivity contribution in [2.75, 3.05) is 0 Å². The van der Waals surface area contributed by atoms with Gasteiger partial charge in [0.1, 0.15) is 16.5 Å². The number of rotatable bonds is 7. The van der Waals surface area contributed by atoms with Crippen LogP contribution in [-0.2, 0) is 10.0 Å². The van der Waals surface area contributed by atoms with Gasteiger partial charge in [-0.15, -0.1) is 0 Å². The summed E-state index contributed by atoms with van der Waals surface area (Å²) in [6, 6.07) is 9.33. The van der Waals surface area contributed by atoms with Gasteiger partial charge in [0.05, 0.1) is 12.1 Å². The molecule has 2 aromatic rings. The predicted molar refractivity (Wildman–Crippen MR) is 91.3 cm³/mol. The van der Waals surface area contributed by atoms with Crippen LogP contribution in [0.2, 0.25) is 0 Å². The highest BCUT2D eigenvalue weighted by atomic mass is 32.2. The molecule has 0 saturated heterocycles. The lowest BCUT2D eigenvalue weighted by Gasteiger charge is -2.29. The molecule has 136 valence electrons. The van der Waals surface area contributed by atoms with Gasteiger partial charge < -0.3 is 5.11 Å². The molecule has 2 rings (SSSR count). The van der Waals surface area contributed by atoms with Crippen molar-refractivity contribution in [2.45, 2.75) is 37.3 Å². The fourth-order valence-electron chi connectivity index (χ4n) is 2.52. The maximum Gasteiger partial charge on any atom is 0.243 e. The minimum Gasteiger partial charge on any atom is -0.387 e. The molecule has 0 bridgehead atoms. The summed E-state index contributed by atoms with van der Waals surface area (Å²) in [7, 11) is -4.17. The SMILES string of the molecule is CCC(C)C(NS(=O)(=O)c1ccccc1F)C(O)c1ccc(F)cc1. The number of halogens is 2. The maximum atomic E-state index is 13.9. The molecule has 25 heavy (non-hydrogen) atoms. The van der Waals surface area contributed by atoms with E-state index < -0.39 is 38.7 Å². The Hall–Kier alpha value is -1.83. The standard InChI is InChI=1S/C18H21F2NO3S/c1-3-12(2)17(18(22)13-8-10-14(19)11-9-13)21-25(23,24)16-7-5-4-6-15(16)20/h4-12,17-18,21-22H,3H2,1-2H3. The Labute approximate surface area is 146 Å². The van der Waals surface area contributed by atoms with Crippen LogP contribution in [0.5, 0.6) is 0 Å². The molecule has 4 nitrogen and oxygen atoms in total. The Morgan fingerprint density at radius 3 is 2.24 bits per heavy atom. The monoisotopic (exact) mass is 369 g/mol. The number of hydrogen-bond acceptors (Lipinski definition) is 3. The van der Waals surface area contributed by atoms with Gasteiger partial charge >= 0.3 is 0 Å². The van der Waals surface area contributed by atoms with Crippen molar-refractivity contribution in [3.8, 4) is 0 Å². The van der Waals surface area contributed by atoms with E-state index in [1.807, 2.05) is 6.92 Å². The van der Waals surface area contributed by atoms with Gasteiger partial charge in [-0.25, -0.2) is 21.9 Å². The number of benzene rings is 2. The Balaban J connectivity index is 2.35. The lowest BCUT2D eigenvalue weighted by molar-refractivity contribution is 0.112. The van der Waals surface area contributed by atoms with Crippen molar-refractivity contribution < 1.29 is 22.3 Å². The topological polar surface area (TPSA) is 66.4 Å². The molecule has 0 aliphatic rings. The molecule has 2 aromatic carbocycles. The van der Waals surface area contributed by atoms with Crippen LogP contribution >= 0.6 is 0 Å². The lowest BCUT2D eigenvalue weighted by atomic mass is 9.91. The fraction of sp³-hybridized carbons (Fsp3) is 0.333. The Bertz CT molecular complexity index is 809. The first kappa shape index (κ1) is 19.5. The van der Waals surface area contributed by atoms with E-state index in [1.54, 1.807) is 6.92 Å². The molecular weight excluding hydrogens is 348 g/mol. The second-order valence-electron chi connectivity index (χ2n) is 5.96. The van der Waals surface area contributed by atoms with E-state index in [1.165, 1.54) is 36.4 Å². The van der Waals surface area contributed by atoms with Crippen LogP contribution in [0.15, 0.2) is 53.4 Å². The van der Waals surface area contributed by atoms with E-state index in [-0.39, 0.29) is 5.92 Å². The van der Waals surface area contributed by atoms with Crippen molar-refractivity contribution in [3.05, 3.63) is 65.7 Å². The van der Waals surface area contributed by atoms with Crippen molar-refractivity contribution in [1.82, 2.24) is 4.72 Å². The molecule has 2 N–H and O–H groups in total. The fourth-order valence-corrected chi connectivity index (χ4v) is 3.95. The minimum absolute atomic E-state index is 0.235. The normalized spacial score (nSPS) is 15.6. The first-order valence-corrected chi connectivity index (χ1v) is 9.45. The number of hydrogen-bond donors (Lipinski definition) is 2. The van der Waals surface area contributed by atoms with Gasteiger partial charge in [0.2, 0.25) is 10.0 Å². The van der Waals surface area contributed by atoms with E-state index in [0.717, 1.165) is 12.1 Å². The second-order valence-corrected chi connectivity index (χ2v) is 7.64. The summed E-state index contributed by atoms with van der Waals surface area (Å²) in [5, 5.41) is 10.6. The van der Waals surface area contributed by atoms with Gasteiger partial charge in [0, 0.05) is 0 Å². The number of nitrogens with one attached hydrogen (secondary N) is 1. The summed E-state index contributed by atoms with van der Waals surface area (Å²) in [4.78, 5) is -0.477. The van der Waals surface area contributed by atoms with Gasteiger partial charge in [-0.1, -0.05) is 44.5 Å². The zero-order chi connectivity index (χ0) is 18.6. The minimum atomic E-state index is -4.17. The number of sulfonamides is 1. The molecule has 0 aromatic heterocycles. The first-order valence-electron chi connectivity index (χ1n) is 7.96. The lowest BCUT2D eigenvalue weighted by Crippen LogP contribution is -2.43. The van der Waals surface area contributed by atoms with Crippen molar-refractivity contribution in [2.24, 2.45) is 5.92 Å². The highest BCUT2D eigenvalue weighted by Crippen LogP contribution is 2.26. The van der Waals surface area contributed by atoms with Crippen molar-refractivity contribution in [1.29, 1.82) is 0 Å². The molecule has 0 fully saturated rings. The third-order valence-electron chi connectivity index (χ3n) is 4.23. The number of aliphatic hydroxyl groups excluding tert-OH is 1. The molecule has 3 atom stereocenters. The zero-order valence-corrected chi connectivity index (χ0v) is 14.8. The van der Waals surface area contributed by atoms with Crippen LogP contribution < -0.4 is 4.72 Å². The molecule has 7 heteroatoms. The smallest absolute Gasteiger partial charge is 0.243 e. The summed E-state index contributed by atoms with van der Waals surface area (Å²) in [5.41, 5.74) is 0.378. The summed E-state index contributed by atoms with van der Waals surface area (Å²) in [6.45, 7) is 3.63. The molecule has 3 unspecified atom stereocenters. The van der Waals surface area contributed by atoms with Crippen LogP contribution in [0.4, 0.5) is 8.78 Å². The number of aliphatic hydroxyl groups is 1. The molecule has 0 aliphatic heterocycles. The van der Waals surface area contributed by atoms with Gasteiger partial charge in [0.25, 0.3) is 0 Å². The predicted octanol–water partition coefficient (Wildman–Crippen LogP) is 3.39. The molecule has 0 amide bonds. The van der Waals surface area contributed by atoms with E-state index in [0.29, 0.717) is 12.0 Å². The molecule has 0 heterocycles. The molecular formula is C18H21F2NO3S. The van der Waals surface area contributed by atoms with E-state index in [9.17, 15) is 22.3 Å². The third-order valence-corrected chi connectivity index (χ3v) is 5.72. The molecule has 0 radical (unpaired) electrons. The van der Waals surface area contributed by atoms with Crippen molar-refractivity contribution in [3.63, 3.8) is 0 Å². The molecule has 0 spiro atoms. The summed E-state index contributed by atoms with van der Waals surface area (Å²) in [6.07, 6.45) is -0.611.